The Morgan fingerprint density at radius 3 is 3.00 bits per heavy atom. The second-order valence-electron chi connectivity index (χ2n) is 4.54. The first-order chi connectivity index (χ1) is 10.2. The first-order valence-electron chi connectivity index (χ1n) is 6.20. The summed E-state index contributed by atoms with van der Waals surface area (Å²) in [4.78, 5) is 5.84. The van der Waals surface area contributed by atoms with Crippen molar-refractivity contribution in [2.45, 2.75) is 4.90 Å². The fourth-order valence-electron chi connectivity index (χ4n) is 2.12. The van der Waals surface area contributed by atoms with Gasteiger partial charge in [0, 0.05) is 20.5 Å². The molecular formula is C15H8BrClN2S2. The van der Waals surface area contributed by atoms with Gasteiger partial charge in [0.25, 0.3) is 0 Å². The van der Waals surface area contributed by atoms with E-state index >= 15 is 0 Å². The molecule has 0 bridgehead atoms. The molecule has 2 heterocycles. The Kier molecular flexibility index (Phi) is 3.46. The predicted octanol–water partition coefficient (Wildman–Crippen LogP) is 6.23. The normalized spacial score (nSPS) is 15.4. The standard InChI is InChI=1S/C15H8BrClN2S2/c16-8-1-3-12-10(5-8)18-14(20-12)7-15-19-11-6-9(17)2-4-13(11)21-15/h1-7,19H/b15-7-. The van der Waals surface area contributed by atoms with Crippen molar-refractivity contribution in [3.8, 4) is 0 Å². The van der Waals surface area contributed by atoms with Gasteiger partial charge < -0.3 is 5.32 Å². The van der Waals surface area contributed by atoms with E-state index in [1.165, 1.54) is 9.60 Å². The predicted molar refractivity (Wildman–Crippen MR) is 96.2 cm³/mol. The maximum Gasteiger partial charge on any atom is 0.119 e. The van der Waals surface area contributed by atoms with Gasteiger partial charge in [-0.2, -0.15) is 0 Å². The number of hydrogen-bond donors (Lipinski definition) is 1. The first-order valence-corrected chi connectivity index (χ1v) is 9.00. The monoisotopic (exact) mass is 394 g/mol. The van der Waals surface area contributed by atoms with Crippen LogP contribution in [0.2, 0.25) is 5.02 Å². The van der Waals surface area contributed by atoms with E-state index in [1.54, 1.807) is 23.1 Å². The third kappa shape index (κ3) is 2.71. The van der Waals surface area contributed by atoms with E-state index in [2.05, 4.69) is 38.4 Å². The molecule has 0 unspecified atom stereocenters. The molecule has 0 atom stereocenters. The average molecular weight is 396 g/mol. The van der Waals surface area contributed by atoms with Crippen molar-refractivity contribution < 1.29 is 0 Å². The molecule has 4 rings (SSSR count). The van der Waals surface area contributed by atoms with Crippen LogP contribution in [-0.4, -0.2) is 4.98 Å². The van der Waals surface area contributed by atoms with Gasteiger partial charge in [-0.05, 0) is 36.4 Å². The van der Waals surface area contributed by atoms with Crippen molar-refractivity contribution in [2.24, 2.45) is 0 Å². The summed E-state index contributed by atoms with van der Waals surface area (Å²) >= 11 is 12.9. The number of fused-ring (bicyclic) bond motifs is 2. The van der Waals surface area contributed by atoms with E-state index in [9.17, 15) is 0 Å². The Morgan fingerprint density at radius 2 is 2.10 bits per heavy atom. The van der Waals surface area contributed by atoms with E-state index < -0.39 is 0 Å². The van der Waals surface area contributed by atoms with Crippen LogP contribution in [0.3, 0.4) is 0 Å². The number of nitrogens with one attached hydrogen (secondary N) is 1. The van der Waals surface area contributed by atoms with Crippen LogP contribution in [-0.2, 0) is 0 Å². The SMILES string of the molecule is Clc1ccc2c(c1)N/C(=C/c1nc3cc(Br)ccc3s1)S2. The third-order valence-electron chi connectivity index (χ3n) is 3.04. The molecule has 104 valence electrons. The highest BCUT2D eigenvalue weighted by Gasteiger charge is 2.16. The highest BCUT2D eigenvalue weighted by Crippen LogP contribution is 2.43. The molecule has 0 radical (unpaired) electrons. The van der Waals surface area contributed by atoms with Gasteiger partial charge in [0.1, 0.15) is 5.01 Å². The lowest BCUT2D eigenvalue weighted by Gasteiger charge is -1.97. The molecule has 1 aromatic heterocycles. The Labute approximate surface area is 143 Å². The minimum absolute atomic E-state index is 0.743. The van der Waals surface area contributed by atoms with Crippen molar-refractivity contribution in [3.63, 3.8) is 0 Å². The molecule has 0 amide bonds. The number of rotatable bonds is 1. The number of anilines is 1. The zero-order valence-electron chi connectivity index (χ0n) is 10.6. The van der Waals surface area contributed by atoms with Crippen LogP contribution in [0.4, 0.5) is 5.69 Å². The van der Waals surface area contributed by atoms with Crippen molar-refractivity contribution in [2.75, 3.05) is 5.32 Å². The Balaban J connectivity index is 1.68. The topological polar surface area (TPSA) is 24.9 Å². The molecule has 3 aromatic rings. The molecule has 1 aliphatic heterocycles. The molecule has 1 aliphatic rings. The van der Waals surface area contributed by atoms with Crippen LogP contribution in [0.25, 0.3) is 16.3 Å². The van der Waals surface area contributed by atoms with E-state index in [-0.39, 0.29) is 0 Å². The third-order valence-corrected chi connectivity index (χ3v) is 5.77. The number of thioether (sulfide) groups is 1. The van der Waals surface area contributed by atoms with Crippen molar-refractivity contribution >= 4 is 72.6 Å². The van der Waals surface area contributed by atoms with E-state index in [4.69, 9.17) is 11.6 Å². The number of hydrogen-bond acceptors (Lipinski definition) is 4. The molecule has 0 aliphatic carbocycles. The van der Waals surface area contributed by atoms with Gasteiger partial charge in [-0.25, -0.2) is 4.98 Å². The fourth-order valence-corrected chi connectivity index (χ4v) is 4.53. The van der Waals surface area contributed by atoms with E-state index in [1.807, 2.05) is 30.3 Å². The number of nitrogens with zero attached hydrogens (tertiary/aromatic N) is 1. The van der Waals surface area contributed by atoms with Crippen LogP contribution >= 0.6 is 50.6 Å². The van der Waals surface area contributed by atoms with Gasteiger partial charge in [0.05, 0.1) is 20.9 Å². The summed E-state index contributed by atoms with van der Waals surface area (Å²) in [6.07, 6.45) is 2.08. The van der Waals surface area contributed by atoms with E-state index in [0.717, 1.165) is 30.7 Å². The minimum Gasteiger partial charge on any atom is -0.349 e. The van der Waals surface area contributed by atoms with Crippen molar-refractivity contribution in [1.29, 1.82) is 0 Å². The van der Waals surface area contributed by atoms with E-state index in [0.29, 0.717) is 0 Å². The van der Waals surface area contributed by atoms with Crippen LogP contribution in [0, 0.1) is 0 Å². The Bertz CT molecular complexity index is 889. The smallest absolute Gasteiger partial charge is 0.119 e. The molecule has 6 heteroatoms. The van der Waals surface area contributed by atoms with Gasteiger partial charge in [0.15, 0.2) is 0 Å². The highest BCUT2D eigenvalue weighted by atomic mass is 79.9. The highest BCUT2D eigenvalue weighted by molar-refractivity contribution is 9.10. The van der Waals surface area contributed by atoms with Gasteiger partial charge >= 0.3 is 0 Å². The Morgan fingerprint density at radius 1 is 1.19 bits per heavy atom. The van der Waals surface area contributed by atoms with Crippen LogP contribution in [0.1, 0.15) is 5.01 Å². The molecule has 0 spiro atoms. The zero-order valence-corrected chi connectivity index (χ0v) is 14.5. The van der Waals surface area contributed by atoms with Gasteiger partial charge in [-0.3, -0.25) is 0 Å². The summed E-state index contributed by atoms with van der Waals surface area (Å²) < 4.78 is 2.24. The minimum atomic E-state index is 0.743. The van der Waals surface area contributed by atoms with Gasteiger partial charge in [-0.15, -0.1) is 11.3 Å². The van der Waals surface area contributed by atoms with Crippen molar-refractivity contribution in [3.05, 3.63) is 55.9 Å². The molecule has 21 heavy (non-hydrogen) atoms. The summed E-state index contributed by atoms with van der Waals surface area (Å²) in [5.74, 6) is 0. The summed E-state index contributed by atoms with van der Waals surface area (Å²) in [5.41, 5.74) is 2.08. The molecule has 1 N–H and O–H groups in total. The number of aromatic nitrogens is 1. The lowest BCUT2D eigenvalue weighted by molar-refractivity contribution is 1.44. The average Bonchev–Trinajstić information content (AvgIpc) is 3.00. The number of thiazole rings is 1. The summed E-state index contributed by atoms with van der Waals surface area (Å²) in [7, 11) is 0. The Hall–Kier alpha value is -1.01. The molecule has 2 aromatic carbocycles. The molecule has 0 saturated heterocycles. The molecule has 0 fully saturated rings. The first kappa shape index (κ1) is 13.6. The largest absolute Gasteiger partial charge is 0.349 e. The second kappa shape index (κ2) is 5.32. The molecule has 0 saturated carbocycles. The number of halogens is 2. The maximum atomic E-state index is 6.02. The fraction of sp³-hybridized carbons (Fsp3) is 0. The second-order valence-corrected chi connectivity index (χ2v) is 8.04. The molecule has 2 nitrogen and oxygen atoms in total. The summed E-state index contributed by atoms with van der Waals surface area (Å²) in [6, 6.07) is 12.1. The lowest BCUT2D eigenvalue weighted by Crippen LogP contribution is -1.87. The van der Waals surface area contributed by atoms with Crippen LogP contribution < -0.4 is 5.32 Å². The van der Waals surface area contributed by atoms with Crippen molar-refractivity contribution in [1.82, 2.24) is 4.98 Å². The zero-order chi connectivity index (χ0) is 14.4. The lowest BCUT2D eigenvalue weighted by atomic mass is 10.3. The van der Waals surface area contributed by atoms with Gasteiger partial charge in [0.2, 0.25) is 0 Å². The van der Waals surface area contributed by atoms with Crippen LogP contribution in [0.5, 0.6) is 0 Å². The quantitative estimate of drug-likeness (QED) is 0.529. The maximum absolute atomic E-state index is 6.02. The summed E-state index contributed by atoms with van der Waals surface area (Å²) in [5, 5.41) is 6.19. The molecular weight excluding hydrogens is 388 g/mol. The van der Waals surface area contributed by atoms with Crippen LogP contribution in [0.15, 0.2) is 50.8 Å². The number of benzene rings is 2. The van der Waals surface area contributed by atoms with Gasteiger partial charge in [-0.1, -0.05) is 39.3 Å². The summed E-state index contributed by atoms with van der Waals surface area (Å²) in [6.45, 7) is 0.